The van der Waals surface area contributed by atoms with E-state index in [-0.39, 0.29) is 57.1 Å². The van der Waals surface area contributed by atoms with E-state index in [4.69, 9.17) is 19.7 Å². The SMILES string of the molecule is O=[C]CC[C@H](NC(=O)CCC(=O)NCCOCCOCCNC(=O)CCCCCCCCC(=O)O)C(=O)O. The molecular formula is C25H42N3O10. The largest absolute Gasteiger partial charge is 0.481 e. The summed E-state index contributed by atoms with van der Waals surface area (Å²) in [7, 11) is 0. The van der Waals surface area contributed by atoms with Crippen molar-refractivity contribution in [2.24, 2.45) is 0 Å². The van der Waals surface area contributed by atoms with Crippen LogP contribution in [0, 0.1) is 0 Å². The maximum absolute atomic E-state index is 11.8. The summed E-state index contributed by atoms with van der Waals surface area (Å²) < 4.78 is 10.7. The third-order valence-corrected chi connectivity index (χ3v) is 5.30. The van der Waals surface area contributed by atoms with Crippen LogP contribution in [0.4, 0.5) is 0 Å². The first-order chi connectivity index (χ1) is 18.3. The van der Waals surface area contributed by atoms with E-state index >= 15 is 0 Å². The van der Waals surface area contributed by atoms with Gasteiger partial charge in [0, 0.05) is 45.2 Å². The number of ether oxygens (including phenoxy) is 2. The normalized spacial score (nSPS) is 11.4. The van der Waals surface area contributed by atoms with E-state index in [1.54, 1.807) is 6.29 Å². The van der Waals surface area contributed by atoms with Gasteiger partial charge in [0.15, 0.2) is 6.29 Å². The average molecular weight is 545 g/mol. The van der Waals surface area contributed by atoms with Crippen molar-refractivity contribution in [3.8, 4) is 0 Å². The second-order valence-corrected chi connectivity index (χ2v) is 8.58. The Hall–Kier alpha value is -3.06. The number of nitrogens with one attached hydrogen (secondary N) is 3. The maximum Gasteiger partial charge on any atom is 0.326 e. The van der Waals surface area contributed by atoms with E-state index in [0.717, 1.165) is 32.1 Å². The molecule has 5 N–H and O–H groups in total. The molecule has 3 amide bonds. The number of hydrogen-bond donors (Lipinski definition) is 5. The standard InChI is InChI=1S/C25H42N3O10/c29-15-7-8-20(25(35)36)28-23(32)12-11-22(31)27-14-17-38-19-18-37-16-13-26-21(30)9-5-3-1-2-4-6-10-24(33)34/h20H,1-14,16-19H2,(H,26,30)(H,27,31)(H,28,32)(H,33,34)(H,35,36)/t20-/m0/s1. The second kappa shape index (κ2) is 24.3. The molecule has 0 aromatic rings. The quantitative estimate of drug-likeness (QED) is 0.0966. The lowest BCUT2D eigenvalue weighted by Crippen LogP contribution is -2.41. The molecule has 0 fully saturated rings. The van der Waals surface area contributed by atoms with Gasteiger partial charge < -0.3 is 35.6 Å². The summed E-state index contributed by atoms with van der Waals surface area (Å²) in [6, 6.07) is -1.19. The number of aliphatic carboxylic acids is 2. The topological polar surface area (TPSA) is 197 Å². The summed E-state index contributed by atoms with van der Waals surface area (Å²) in [5.74, 6) is -3.01. The lowest BCUT2D eigenvalue weighted by molar-refractivity contribution is -0.142. The molecule has 0 spiro atoms. The van der Waals surface area contributed by atoms with Crippen LogP contribution in [0.25, 0.3) is 0 Å². The van der Waals surface area contributed by atoms with Crippen LogP contribution in [0.15, 0.2) is 0 Å². The van der Waals surface area contributed by atoms with Gasteiger partial charge in [-0.2, -0.15) is 0 Å². The molecule has 217 valence electrons. The zero-order chi connectivity index (χ0) is 28.4. The van der Waals surface area contributed by atoms with E-state index in [2.05, 4.69) is 16.0 Å². The average Bonchev–Trinajstić information content (AvgIpc) is 2.87. The maximum atomic E-state index is 11.8. The van der Waals surface area contributed by atoms with Gasteiger partial charge in [0.05, 0.1) is 26.4 Å². The van der Waals surface area contributed by atoms with Gasteiger partial charge in [0.2, 0.25) is 17.7 Å². The van der Waals surface area contributed by atoms with Crippen LogP contribution in [0.1, 0.15) is 77.0 Å². The van der Waals surface area contributed by atoms with Gasteiger partial charge >= 0.3 is 11.9 Å². The monoisotopic (exact) mass is 544 g/mol. The number of hydrogen-bond acceptors (Lipinski definition) is 8. The van der Waals surface area contributed by atoms with E-state index in [1.807, 2.05) is 0 Å². The van der Waals surface area contributed by atoms with Crippen molar-refractivity contribution in [2.45, 2.75) is 83.1 Å². The molecule has 13 nitrogen and oxygen atoms in total. The summed E-state index contributed by atoms with van der Waals surface area (Å²) in [6.07, 6.45) is 7.10. The van der Waals surface area contributed by atoms with Crippen LogP contribution in [0.5, 0.6) is 0 Å². The van der Waals surface area contributed by atoms with Crippen molar-refractivity contribution in [1.82, 2.24) is 16.0 Å². The number of unbranched alkanes of at least 4 members (excludes halogenated alkanes) is 5. The van der Waals surface area contributed by atoms with Gasteiger partial charge in [-0.3, -0.25) is 24.0 Å². The van der Waals surface area contributed by atoms with Crippen LogP contribution in [-0.2, 0) is 38.2 Å². The highest BCUT2D eigenvalue weighted by atomic mass is 16.5. The Bertz CT molecular complexity index is 718. The van der Waals surface area contributed by atoms with Crippen LogP contribution in [-0.4, -0.2) is 91.7 Å². The van der Waals surface area contributed by atoms with Crippen molar-refractivity contribution >= 4 is 35.9 Å². The minimum atomic E-state index is -1.25. The van der Waals surface area contributed by atoms with E-state index in [0.29, 0.717) is 39.2 Å². The molecule has 0 aliphatic carbocycles. The summed E-state index contributed by atoms with van der Waals surface area (Å²) in [6.45, 7) is 1.90. The van der Waals surface area contributed by atoms with E-state index < -0.39 is 23.9 Å². The molecule has 0 aromatic carbocycles. The van der Waals surface area contributed by atoms with Gasteiger partial charge in [0.1, 0.15) is 6.04 Å². The Kier molecular flexibility index (Phi) is 22.3. The van der Waals surface area contributed by atoms with Crippen LogP contribution < -0.4 is 16.0 Å². The molecule has 0 aliphatic heterocycles. The molecule has 13 heteroatoms. The molecule has 1 radical (unpaired) electrons. The number of carbonyl (C=O) groups is 5. The van der Waals surface area contributed by atoms with Gasteiger partial charge in [-0.25, -0.2) is 4.79 Å². The zero-order valence-corrected chi connectivity index (χ0v) is 22.0. The summed E-state index contributed by atoms with van der Waals surface area (Å²) >= 11 is 0. The van der Waals surface area contributed by atoms with Crippen LogP contribution in [0.3, 0.4) is 0 Å². The molecule has 1 atom stereocenters. The summed E-state index contributed by atoms with van der Waals surface area (Å²) in [5, 5.41) is 25.2. The first kappa shape index (κ1) is 34.9. The van der Waals surface area contributed by atoms with Gasteiger partial charge in [0.25, 0.3) is 0 Å². The Morgan fingerprint density at radius 2 is 1.16 bits per heavy atom. The zero-order valence-electron chi connectivity index (χ0n) is 22.0. The molecule has 0 saturated carbocycles. The molecule has 0 heterocycles. The Labute approximate surface area is 223 Å². The first-order valence-corrected chi connectivity index (χ1v) is 13.0. The van der Waals surface area contributed by atoms with Crippen molar-refractivity contribution in [2.75, 3.05) is 39.5 Å². The number of carboxylic acid groups (broad SMARTS) is 2. The number of rotatable bonds is 26. The second-order valence-electron chi connectivity index (χ2n) is 8.58. The van der Waals surface area contributed by atoms with Crippen molar-refractivity contribution < 1.29 is 48.5 Å². The van der Waals surface area contributed by atoms with E-state index in [9.17, 15) is 28.8 Å². The fourth-order valence-corrected chi connectivity index (χ4v) is 3.25. The molecule has 0 aliphatic rings. The van der Waals surface area contributed by atoms with Gasteiger partial charge in [-0.05, 0) is 19.3 Å². The minimum Gasteiger partial charge on any atom is -0.481 e. The van der Waals surface area contributed by atoms with E-state index in [1.165, 1.54) is 0 Å². The number of amides is 3. The highest BCUT2D eigenvalue weighted by Gasteiger charge is 2.19. The highest BCUT2D eigenvalue weighted by molar-refractivity contribution is 5.87. The first-order valence-electron chi connectivity index (χ1n) is 13.0. The molecule has 0 bridgehead atoms. The Morgan fingerprint density at radius 1 is 0.658 bits per heavy atom. The lowest BCUT2D eigenvalue weighted by Gasteiger charge is -2.13. The molecule has 0 rings (SSSR count). The predicted molar refractivity (Wildman–Crippen MR) is 136 cm³/mol. The van der Waals surface area contributed by atoms with Crippen molar-refractivity contribution in [3.63, 3.8) is 0 Å². The molecular weight excluding hydrogens is 502 g/mol. The highest BCUT2D eigenvalue weighted by Crippen LogP contribution is 2.08. The van der Waals surface area contributed by atoms with Crippen molar-refractivity contribution in [1.29, 1.82) is 0 Å². The predicted octanol–water partition coefficient (Wildman–Crippen LogP) is 0.697. The summed E-state index contributed by atoms with van der Waals surface area (Å²) in [4.78, 5) is 67.0. The fraction of sp³-hybridized carbons (Fsp3) is 0.760. The smallest absolute Gasteiger partial charge is 0.326 e. The third-order valence-electron chi connectivity index (χ3n) is 5.30. The lowest BCUT2D eigenvalue weighted by atomic mass is 10.1. The number of carboxylic acids is 2. The van der Waals surface area contributed by atoms with Crippen molar-refractivity contribution in [3.05, 3.63) is 0 Å². The number of carbonyl (C=O) groups excluding carboxylic acids is 4. The Morgan fingerprint density at radius 3 is 1.68 bits per heavy atom. The molecule has 0 saturated heterocycles. The minimum absolute atomic E-state index is 0.0257. The Balaban J connectivity index is 3.52. The molecule has 0 aromatic heterocycles. The van der Waals surface area contributed by atoms with Crippen LogP contribution in [0.2, 0.25) is 0 Å². The third kappa shape index (κ3) is 23.3. The molecule has 0 unspecified atom stereocenters. The molecule has 38 heavy (non-hydrogen) atoms. The van der Waals surface area contributed by atoms with Gasteiger partial charge in [-0.15, -0.1) is 0 Å². The fourth-order valence-electron chi connectivity index (χ4n) is 3.25. The summed E-state index contributed by atoms with van der Waals surface area (Å²) in [5.41, 5.74) is 0. The van der Waals surface area contributed by atoms with Crippen LogP contribution >= 0.6 is 0 Å². The van der Waals surface area contributed by atoms with Gasteiger partial charge in [-0.1, -0.05) is 25.7 Å².